The molecule has 0 aliphatic rings. The van der Waals surface area contributed by atoms with Gasteiger partial charge in [0.1, 0.15) is 0 Å². The van der Waals surface area contributed by atoms with E-state index in [1.807, 2.05) is 0 Å². The van der Waals surface area contributed by atoms with Crippen molar-refractivity contribution in [2.45, 2.75) is 0 Å². The minimum absolute atomic E-state index is 0. The van der Waals surface area contributed by atoms with Crippen LogP contribution in [0.5, 0.6) is 0 Å². The van der Waals surface area contributed by atoms with Gasteiger partial charge < -0.3 is 39.6 Å². The van der Waals surface area contributed by atoms with E-state index in [0.29, 0.717) is 0 Å². The van der Waals surface area contributed by atoms with Gasteiger partial charge in [0, 0.05) is 23.0 Å². The molecular formula is C8H12NaO8S4Sb. The molecule has 0 saturated heterocycles. The second-order valence-electron chi connectivity index (χ2n) is 2.12. The van der Waals surface area contributed by atoms with Gasteiger partial charge in [-0.3, -0.25) is 0 Å². The van der Waals surface area contributed by atoms with Gasteiger partial charge in [0.15, 0.2) is 0 Å². The fourth-order valence-electron chi connectivity index (χ4n) is 0. The number of rotatable bonds is 4. The standard InChI is InChI=1S/4C2H4O2S.Na.Sb/c4*3-2(4)1-5;;/h4*5H,1H2,(H,3,4);;/q;;;;+1;+3/p-4. The Morgan fingerprint density at radius 1 is 0.545 bits per heavy atom. The summed E-state index contributed by atoms with van der Waals surface area (Å²) >= 11 is 13.4. The van der Waals surface area contributed by atoms with Gasteiger partial charge in [-0.15, -0.1) is 0 Å². The number of carboxylic acid groups (broad SMARTS) is 4. The molecule has 0 rings (SSSR count). The van der Waals surface area contributed by atoms with Crippen molar-refractivity contribution in [2.24, 2.45) is 0 Å². The van der Waals surface area contributed by atoms with E-state index >= 15 is 0 Å². The summed E-state index contributed by atoms with van der Waals surface area (Å²) in [6.45, 7) is 0. The first-order chi connectivity index (χ1) is 9.08. The smallest absolute Gasteiger partial charge is 0.549 e. The molecule has 0 aromatic heterocycles. The predicted molar refractivity (Wildman–Crippen MR) is 81.2 cm³/mol. The summed E-state index contributed by atoms with van der Waals surface area (Å²) < 4.78 is 0. The zero-order chi connectivity index (χ0) is 17.1. The second kappa shape index (κ2) is 33.6. The molecule has 22 heavy (non-hydrogen) atoms. The maximum absolute atomic E-state index is 9.18. The van der Waals surface area contributed by atoms with Gasteiger partial charge in [-0.1, -0.05) is 0 Å². The van der Waals surface area contributed by atoms with Crippen LogP contribution in [0.1, 0.15) is 0 Å². The molecule has 0 bridgehead atoms. The summed E-state index contributed by atoms with van der Waals surface area (Å²) in [6, 6.07) is 0. The Balaban J connectivity index is -0.0000000376. The van der Waals surface area contributed by atoms with Gasteiger partial charge in [-0.2, -0.15) is 50.5 Å². The average Bonchev–Trinajstić information content (AvgIpc) is 2.40. The van der Waals surface area contributed by atoms with Crippen molar-refractivity contribution in [1.29, 1.82) is 0 Å². The summed E-state index contributed by atoms with van der Waals surface area (Å²) in [5.74, 6) is -5.30. The van der Waals surface area contributed by atoms with Gasteiger partial charge in [0.25, 0.3) is 0 Å². The Labute approximate surface area is 189 Å². The van der Waals surface area contributed by atoms with Crippen LogP contribution < -0.4 is 50.0 Å². The van der Waals surface area contributed by atoms with E-state index in [1.54, 1.807) is 0 Å². The van der Waals surface area contributed by atoms with Crippen LogP contribution in [0.25, 0.3) is 0 Å². The molecule has 8 nitrogen and oxygen atoms in total. The molecule has 0 N–H and O–H groups in total. The molecule has 0 aromatic carbocycles. The van der Waals surface area contributed by atoms with E-state index in [0.717, 1.165) is 0 Å². The summed E-state index contributed by atoms with van der Waals surface area (Å²) in [6.07, 6.45) is 0. The second-order valence-corrected chi connectivity index (χ2v) is 3.39. The van der Waals surface area contributed by atoms with Gasteiger partial charge >= 0.3 is 54.0 Å². The fourth-order valence-corrected chi connectivity index (χ4v) is 0. The number of carbonyl (C=O) groups excluding carboxylic acids is 4. The minimum atomic E-state index is -1.13. The van der Waals surface area contributed by atoms with Crippen LogP contribution in [0.15, 0.2) is 0 Å². The predicted octanol–water partition coefficient (Wildman–Crippen LogP) is -8.71. The molecule has 0 heterocycles. The van der Waals surface area contributed by atoms with Crippen molar-refractivity contribution < 1.29 is 69.2 Å². The first-order valence-electron chi connectivity index (χ1n) is 4.31. The summed E-state index contributed by atoms with van der Waals surface area (Å²) in [5.41, 5.74) is 0. The van der Waals surface area contributed by atoms with E-state index in [4.69, 9.17) is 0 Å². The summed E-state index contributed by atoms with van der Waals surface area (Å²) in [7, 11) is 0. The van der Waals surface area contributed by atoms with Crippen molar-refractivity contribution in [3.8, 4) is 0 Å². The van der Waals surface area contributed by atoms with Crippen LogP contribution in [0.2, 0.25) is 0 Å². The Kier molecular flexibility index (Phi) is 59.0. The van der Waals surface area contributed by atoms with E-state index < -0.39 is 23.9 Å². The molecule has 0 spiro atoms. The SMILES string of the molecule is O=C([O-])CS.O=C([O-])CS.O=C([O-])CS.O=C([O-])CS.[Na+].[Sb+3]. The largest absolute Gasteiger partial charge is 3.00 e. The number of carbonyl (C=O) groups is 4. The number of hydrogen-bond donors (Lipinski definition) is 4. The maximum atomic E-state index is 9.18. The van der Waals surface area contributed by atoms with E-state index in [-0.39, 0.29) is 77.0 Å². The molecule has 14 heteroatoms. The van der Waals surface area contributed by atoms with E-state index in [1.165, 1.54) is 0 Å². The van der Waals surface area contributed by atoms with Gasteiger partial charge in [0.2, 0.25) is 0 Å². The Morgan fingerprint density at radius 3 is 0.591 bits per heavy atom. The molecule has 0 aromatic rings. The maximum Gasteiger partial charge on any atom is 3.00 e. The van der Waals surface area contributed by atoms with Crippen LogP contribution >= 0.6 is 50.5 Å². The normalized spacial score (nSPS) is 6.73. The molecule has 2 radical (unpaired) electrons. The zero-order valence-corrected chi connectivity index (χ0v) is 19.5. The van der Waals surface area contributed by atoms with Crippen molar-refractivity contribution in [3.63, 3.8) is 0 Å². The van der Waals surface area contributed by atoms with E-state index in [2.05, 4.69) is 50.5 Å². The average molecular weight is 509 g/mol. The molecular weight excluding hydrogens is 497 g/mol. The van der Waals surface area contributed by atoms with Gasteiger partial charge in [-0.25, -0.2) is 0 Å². The Bertz CT molecular complexity index is 239. The van der Waals surface area contributed by atoms with Crippen LogP contribution in [-0.2, 0) is 19.2 Å². The van der Waals surface area contributed by atoms with Crippen LogP contribution in [0.3, 0.4) is 0 Å². The first kappa shape index (κ1) is 38.6. The van der Waals surface area contributed by atoms with Crippen LogP contribution in [0, 0.1) is 0 Å². The Morgan fingerprint density at radius 2 is 0.591 bits per heavy atom. The molecule has 0 saturated carbocycles. The van der Waals surface area contributed by atoms with Crippen molar-refractivity contribution >= 4 is 98.8 Å². The molecule has 0 aliphatic carbocycles. The van der Waals surface area contributed by atoms with E-state index in [9.17, 15) is 39.6 Å². The number of hydrogen-bond acceptors (Lipinski definition) is 12. The van der Waals surface area contributed by atoms with Crippen molar-refractivity contribution in [2.75, 3.05) is 23.0 Å². The van der Waals surface area contributed by atoms with Gasteiger partial charge in [0.05, 0.1) is 23.9 Å². The Hall–Kier alpha value is 1.10. The summed E-state index contributed by atoms with van der Waals surface area (Å²) in [4.78, 5) is 36.7. The minimum Gasteiger partial charge on any atom is -0.549 e. The van der Waals surface area contributed by atoms with Crippen molar-refractivity contribution in [1.82, 2.24) is 0 Å². The van der Waals surface area contributed by atoms with Crippen molar-refractivity contribution in [3.05, 3.63) is 0 Å². The molecule has 0 fully saturated rings. The third kappa shape index (κ3) is 103. The van der Waals surface area contributed by atoms with Gasteiger partial charge in [-0.05, 0) is 0 Å². The molecule has 0 amide bonds. The molecule has 0 atom stereocenters. The summed E-state index contributed by atoms with van der Waals surface area (Å²) in [5, 5.41) is 36.7. The topological polar surface area (TPSA) is 161 Å². The van der Waals surface area contributed by atoms with Crippen LogP contribution in [-0.4, -0.2) is 71.3 Å². The number of thiol groups is 4. The molecule has 0 aliphatic heterocycles. The number of carboxylic acids is 4. The third-order valence-corrected chi connectivity index (χ3v) is 1.55. The fraction of sp³-hybridized carbons (Fsp3) is 0.500. The molecule has 122 valence electrons. The monoisotopic (exact) mass is 508 g/mol. The quantitative estimate of drug-likeness (QED) is 0.215. The van der Waals surface area contributed by atoms with Crippen LogP contribution in [0.4, 0.5) is 0 Å². The number of aliphatic carboxylic acids is 4. The molecule has 0 unspecified atom stereocenters. The third-order valence-electron chi connectivity index (χ3n) is 0.516. The zero-order valence-electron chi connectivity index (χ0n) is 11.3. The first-order valence-corrected chi connectivity index (χ1v) is 6.84.